The maximum atomic E-state index is 13.2. The molecule has 0 amide bonds. The van der Waals surface area contributed by atoms with E-state index in [1.165, 1.54) is 6.07 Å². The van der Waals surface area contributed by atoms with Crippen LogP contribution in [0.1, 0.15) is 23.7 Å². The van der Waals surface area contributed by atoms with E-state index in [9.17, 15) is 9.50 Å². The summed E-state index contributed by atoms with van der Waals surface area (Å²) in [5.74, 6) is -0.352. The fourth-order valence-corrected chi connectivity index (χ4v) is 1.19. The number of halogens is 1. The highest BCUT2D eigenvalue weighted by molar-refractivity contribution is 5.25. The van der Waals surface area contributed by atoms with Gasteiger partial charge in [-0.25, -0.2) is 4.39 Å². The number of hydrogen-bond acceptors (Lipinski definition) is 1. The summed E-state index contributed by atoms with van der Waals surface area (Å²) in [4.78, 5) is 0. The molecule has 2 heteroatoms. The molecule has 0 aromatic heterocycles. The van der Waals surface area contributed by atoms with Gasteiger partial charge in [0.2, 0.25) is 0 Å². The maximum Gasteiger partial charge on any atom is 0.129 e. The van der Waals surface area contributed by atoms with Gasteiger partial charge in [-0.2, -0.15) is 0 Å². The molecule has 0 radical (unpaired) electrons. The summed E-state index contributed by atoms with van der Waals surface area (Å²) in [5.41, 5.74) is 1.19. The molecule has 0 saturated carbocycles. The van der Waals surface area contributed by atoms with Crippen LogP contribution in [-0.2, 0) is 0 Å². The van der Waals surface area contributed by atoms with Crippen LogP contribution < -0.4 is 0 Å². The highest BCUT2D eigenvalue weighted by Gasteiger charge is 2.10. The first-order valence-corrected chi connectivity index (χ1v) is 4.20. The van der Waals surface area contributed by atoms with Gasteiger partial charge in [0.05, 0.1) is 6.10 Å². The van der Waals surface area contributed by atoms with E-state index in [4.69, 9.17) is 0 Å². The van der Waals surface area contributed by atoms with Crippen molar-refractivity contribution in [2.24, 2.45) is 0 Å². The molecule has 1 nitrogen and oxygen atoms in total. The Morgan fingerprint density at radius 2 is 2.31 bits per heavy atom. The first kappa shape index (κ1) is 9.93. The van der Waals surface area contributed by atoms with Gasteiger partial charge in [-0.05, 0) is 25.0 Å². The van der Waals surface area contributed by atoms with Crippen molar-refractivity contribution in [1.82, 2.24) is 0 Å². The van der Waals surface area contributed by atoms with Crippen molar-refractivity contribution < 1.29 is 9.50 Å². The summed E-state index contributed by atoms with van der Waals surface area (Å²) < 4.78 is 13.2. The molecule has 13 heavy (non-hydrogen) atoms. The van der Waals surface area contributed by atoms with Crippen LogP contribution in [0.5, 0.6) is 0 Å². The quantitative estimate of drug-likeness (QED) is 0.709. The van der Waals surface area contributed by atoms with Crippen molar-refractivity contribution in [2.75, 3.05) is 0 Å². The van der Waals surface area contributed by atoms with Gasteiger partial charge in [-0.15, -0.1) is 6.58 Å². The molecule has 1 aromatic rings. The SMILES string of the molecule is C=CCC(O)c1ccc(C)cc1F. The molecular formula is C11H13FO. The van der Waals surface area contributed by atoms with E-state index in [0.717, 1.165) is 5.56 Å². The van der Waals surface area contributed by atoms with E-state index in [1.54, 1.807) is 18.2 Å². The van der Waals surface area contributed by atoms with Gasteiger partial charge in [-0.3, -0.25) is 0 Å². The number of benzene rings is 1. The van der Waals surface area contributed by atoms with Crippen LogP contribution in [0.25, 0.3) is 0 Å². The molecule has 0 fully saturated rings. The van der Waals surface area contributed by atoms with Gasteiger partial charge in [0.1, 0.15) is 5.82 Å². The van der Waals surface area contributed by atoms with Crippen LogP contribution in [-0.4, -0.2) is 5.11 Å². The van der Waals surface area contributed by atoms with E-state index in [2.05, 4.69) is 6.58 Å². The van der Waals surface area contributed by atoms with Crippen molar-refractivity contribution in [2.45, 2.75) is 19.4 Å². The Balaban J connectivity index is 2.94. The Labute approximate surface area is 77.5 Å². The second-order valence-electron chi connectivity index (χ2n) is 3.07. The maximum absolute atomic E-state index is 13.2. The van der Waals surface area contributed by atoms with Gasteiger partial charge >= 0.3 is 0 Å². The fraction of sp³-hybridized carbons (Fsp3) is 0.273. The van der Waals surface area contributed by atoms with Crippen molar-refractivity contribution in [3.05, 3.63) is 47.8 Å². The first-order chi connectivity index (χ1) is 6.15. The van der Waals surface area contributed by atoms with Crippen LogP contribution in [0.3, 0.4) is 0 Å². The van der Waals surface area contributed by atoms with Crippen molar-refractivity contribution in [3.63, 3.8) is 0 Å². The number of aliphatic hydroxyl groups is 1. The molecule has 0 aliphatic rings. The predicted molar refractivity (Wildman–Crippen MR) is 50.9 cm³/mol. The van der Waals surface area contributed by atoms with Crippen molar-refractivity contribution >= 4 is 0 Å². The summed E-state index contributed by atoms with van der Waals surface area (Å²) >= 11 is 0. The molecule has 1 rings (SSSR count). The minimum atomic E-state index is -0.780. The van der Waals surface area contributed by atoms with Crippen molar-refractivity contribution in [3.8, 4) is 0 Å². The van der Waals surface area contributed by atoms with E-state index in [0.29, 0.717) is 12.0 Å². The monoisotopic (exact) mass is 180 g/mol. The molecule has 0 spiro atoms. The standard InChI is InChI=1S/C11H13FO/c1-3-4-11(13)9-6-5-8(2)7-10(9)12/h3,5-7,11,13H,1,4H2,2H3. The number of aliphatic hydroxyl groups excluding tert-OH is 1. The molecule has 0 bridgehead atoms. The number of rotatable bonds is 3. The third kappa shape index (κ3) is 2.39. The normalized spacial score (nSPS) is 12.5. The van der Waals surface area contributed by atoms with E-state index >= 15 is 0 Å². The molecule has 1 N–H and O–H groups in total. The Morgan fingerprint density at radius 3 is 2.85 bits per heavy atom. The zero-order chi connectivity index (χ0) is 9.84. The highest BCUT2D eigenvalue weighted by Crippen LogP contribution is 2.20. The Kier molecular flexibility index (Phi) is 3.20. The molecule has 0 aliphatic carbocycles. The third-order valence-electron chi connectivity index (χ3n) is 1.90. The highest BCUT2D eigenvalue weighted by atomic mass is 19.1. The fourth-order valence-electron chi connectivity index (χ4n) is 1.19. The summed E-state index contributed by atoms with van der Waals surface area (Å²) in [7, 11) is 0. The van der Waals surface area contributed by atoms with E-state index in [-0.39, 0.29) is 5.82 Å². The van der Waals surface area contributed by atoms with Gasteiger partial charge in [0.15, 0.2) is 0 Å². The van der Waals surface area contributed by atoms with Crippen LogP contribution in [0, 0.1) is 12.7 Å². The predicted octanol–water partition coefficient (Wildman–Crippen LogP) is 2.74. The summed E-state index contributed by atoms with van der Waals surface area (Å²) in [6.07, 6.45) is 1.17. The van der Waals surface area contributed by atoms with Gasteiger partial charge in [0, 0.05) is 5.56 Å². The molecule has 0 heterocycles. The van der Waals surface area contributed by atoms with Gasteiger partial charge in [0.25, 0.3) is 0 Å². The second kappa shape index (κ2) is 4.19. The van der Waals surface area contributed by atoms with Crippen LogP contribution in [0.2, 0.25) is 0 Å². The zero-order valence-electron chi connectivity index (χ0n) is 7.63. The van der Waals surface area contributed by atoms with Gasteiger partial charge in [-0.1, -0.05) is 18.2 Å². The first-order valence-electron chi connectivity index (χ1n) is 4.20. The lowest BCUT2D eigenvalue weighted by molar-refractivity contribution is 0.177. The largest absolute Gasteiger partial charge is 0.388 e. The summed E-state index contributed by atoms with van der Waals surface area (Å²) in [6, 6.07) is 4.81. The molecule has 0 aliphatic heterocycles. The molecule has 1 aromatic carbocycles. The van der Waals surface area contributed by atoms with Crippen LogP contribution in [0.4, 0.5) is 4.39 Å². The van der Waals surface area contributed by atoms with Crippen LogP contribution >= 0.6 is 0 Å². The Bertz CT molecular complexity index is 307. The van der Waals surface area contributed by atoms with E-state index < -0.39 is 6.10 Å². The average molecular weight is 180 g/mol. The second-order valence-corrected chi connectivity index (χ2v) is 3.07. The number of hydrogen-bond donors (Lipinski definition) is 1. The Morgan fingerprint density at radius 1 is 1.62 bits per heavy atom. The lowest BCUT2D eigenvalue weighted by atomic mass is 10.0. The number of aryl methyl sites for hydroxylation is 1. The minimum Gasteiger partial charge on any atom is -0.388 e. The molecule has 1 atom stereocenters. The molecule has 0 saturated heterocycles. The smallest absolute Gasteiger partial charge is 0.129 e. The summed E-state index contributed by atoms with van der Waals surface area (Å²) in [6.45, 7) is 5.30. The molecule has 70 valence electrons. The average Bonchev–Trinajstić information content (AvgIpc) is 2.04. The Hall–Kier alpha value is -1.15. The van der Waals surface area contributed by atoms with Crippen molar-refractivity contribution in [1.29, 1.82) is 0 Å². The lowest BCUT2D eigenvalue weighted by Crippen LogP contribution is -1.99. The topological polar surface area (TPSA) is 20.2 Å². The zero-order valence-corrected chi connectivity index (χ0v) is 7.63. The third-order valence-corrected chi connectivity index (χ3v) is 1.90. The minimum absolute atomic E-state index is 0.338. The van der Waals surface area contributed by atoms with Gasteiger partial charge < -0.3 is 5.11 Å². The summed E-state index contributed by atoms with van der Waals surface area (Å²) in [5, 5.41) is 9.48. The van der Waals surface area contributed by atoms with E-state index in [1.807, 2.05) is 6.92 Å². The van der Waals surface area contributed by atoms with Crippen LogP contribution in [0.15, 0.2) is 30.9 Å². The molecular weight excluding hydrogens is 167 g/mol. The molecule has 1 unspecified atom stereocenters. The lowest BCUT2D eigenvalue weighted by Gasteiger charge is -2.09.